The molecule has 2 fully saturated rings. The SMILES string of the molecule is CCCNC(CC1CCCC1)C1CCCCCC1. The highest BCUT2D eigenvalue weighted by Crippen LogP contribution is 2.33. The lowest BCUT2D eigenvalue weighted by molar-refractivity contribution is 0.269. The van der Waals surface area contributed by atoms with E-state index >= 15 is 0 Å². The summed E-state index contributed by atoms with van der Waals surface area (Å²) in [5.41, 5.74) is 0. The Bertz CT molecular complexity index is 200. The molecule has 0 amide bonds. The highest BCUT2D eigenvalue weighted by Gasteiger charge is 2.26. The molecule has 0 saturated heterocycles. The van der Waals surface area contributed by atoms with Crippen LogP contribution in [0.25, 0.3) is 0 Å². The Morgan fingerprint density at radius 2 is 1.50 bits per heavy atom. The minimum atomic E-state index is 0.839. The van der Waals surface area contributed by atoms with E-state index in [1.165, 1.54) is 83.6 Å². The zero-order valence-corrected chi connectivity index (χ0v) is 12.4. The molecule has 1 nitrogen and oxygen atoms in total. The van der Waals surface area contributed by atoms with Crippen molar-refractivity contribution in [3.05, 3.63) is 0 Å². The molecule has 0 spiro atoms. The first-order chi connectivity index (χ1) is 8.90. The summed E-state index contributed by atoms with van der Waals surface area (Å²) in [7, 11) is 0. The molecule has 0 aromatic rings. The first-order valence-electron chi connectivity index (χ1n) is 8.63. The molecule has 0 aromatic heterocycles. The van der Waals surface area contributed by atoms with Crippen molar-refractivity contribution in [3.8, 4) is 0 Å². The third kappa shape index (κ3) is 4.57. The van der Waals surface area contributed by atoms with E-state index in [0.29, 0.717) is 0 Å². The van der Waals surface area contributed by atoms with Crippen molar-refractivity contribution < 1.29 is 0 Å². The fourth-order valence-corrected chi connectivity index (χ4v) is 4.09. The van der Waals surface area contributed by atoms with Crippen LogP contribution in [0.15, 0.2) is 0 Å². The molecular weight excluding hydrogens is 218 g/mol. The average molecular weight is 251 g/mol. The molecule has 18 heavy (non-hydrogen) atoms. The highest BCUT2D eigenvalue weighted by atomic mass is 14.9. The van der Waals surface area contributed by atoms with Gasteiger partial charge in [0, 0.05) is 6.04 Å². The van der Waals surface area contributed by atoms with Crippen molar-refractivity contribution in [1.82, 2.24) is 5.32 Å². The number of hydrogen-bond donors (Lipinski definition) is 1. The maximum Gasteiger partial charge on any atom is 0.00979 e. The fourth-order valence-electron chi connectivity index (χ4n) is 4.09. The quantitative estimate of drug-likeness (QED) is 0.662. The van der Waals surface area contributed by atoms with E-state index in [4.69, 9.17) is 0 Å². The van der Waals surface area contributed by atoms with Crippen LogP contribution in [0.2, 0.25) is 0 Å². The molecule has 2 saturated carbocycles. The maximum absolute atomic E-state index is 3.89. The summed E-state index contributed by atoms with van der Waals surface area (Å²) in [6, 6.07) is 0.839. The van der Waals surface area contributed by atoms with Crippen molar-refractivity contribution in [2.24, 2.45) is 11.8 Å². The van der Waals surface area contributed by atoms with E-state index in [-0.39, 0.29) is 0 Å². The van der Waals surface area contributed by atoms with Gasteiger partial charge in [0.15, 0.2) is 0 Å². The second-order valence-corrected chi connectivity index (χ2v) is 6.70. The second-order valence-electron chi connectivity index (χ2n) is 6.70. The van der Waals surface area contributed by atoms with E-state index in [1.54, 1.807) is 0 Å². The molecule has 0 aromatic carbocycles. The first-order valence-corrected chi connectivity index (χ1v) is 8.63. The van der Waals surface area contributed by atoms with Gasteiger partial charge in [-0.2, -0.15) is 0 Å². The van der Waals surface area contributed by atoms with Crippen LogP contribution in [-0.4, -0.2) is 12.6 Å². The summed E-state index contributed by atoms with van der Waals surface area (Å²) in [6.45, 7) is 3.53. The van der Waals surface area contributed by atoms with Gasteiger partial charge < -0.3 is 5.32 Å². The van der Waals surface area contributed by atoms with Gasteiger partial charge in [0.05, 0.1) is 0 Å². The van der Waals surface area contributed by atoms with Gasteiger partial charge in [-0.15, -0.1) is 0 Å². The van der Waals surface area contributed by atoms with Crippen LogP contribution in [0.4, 0.5) is 0 Å². The van der Waals surface area contributed by atoms with Crippen LogP contribution < -0.4 is 5.32 Å². The van der Waals surface area contributed by atoms with Gasteiger partial charge in [-0.1, -0.05) is 58.3 Å². The van der Waals surface area contributed by atoms with Gasteiger partial charge in [0.2, 0.25) is 0 Å². The van der Waals surface area contributed by atoms with Crippen LogP contribution in [-0.2, 0) is 0 Å². The Balaban J connectivity index is 1.84. The molecule has 1 heteroatoms. The van der Waals surface area contributed by atoms with Gasteiger partial charge in [0.25, 0.3) is 0 Å². The smallest absolute Gasteiger partial charge is 0.00979 e. The molecule has 0 bridgehead atoms. The molecule has 0 radical (unpaired) electrons. The van der Waals surface area contributed by atoms with Crippen LogP contribution in [0.5, 0.6) is 0 Å². The Morgan fingerprint density at radius 1 is 0.889 bits per heavy atom. The average Bonchev–Trinajstić information content (AvgIpc) is 2.74. The number of nitrogens with one attached hydrogen (secondary N) is 1. The molecule has 0 aliphatic heterocycles. The van der Waals surface area contributed by atoms with Crippen molar-refractivity contribution in [3.63, 3.8) is 0 Å². The standard InChI is InChI=1S/C17H33N/c1-2-13-18-17(14-15-9-7-8-10-15)16-11-5-3-4-6-12-16/h15-18H,2-14H2,1H3. The van der Waals surface area contributed by atoms with Crippen LogP contribution in [0, 0.1) is 11.8 Å². The molecule has 1 N–H and O–H groups in total. The van der Waals surface area contributed by atoms with Crippen molar-refractivity contribution in [2.75, 3.05) is 6.54 Å². The molecule has 0 heterocycles. The number of rotatable bonds is 6. The molecular formula is C17H33N. The minimum Gasteiger partial charge on any atom is -0.314 e. The summed E-state index contributed by atoms with van der Waals surface area (Å²) in [5, 5.41) is 3.89. The molecule has 1 unspecified atom stereocenters. The predicted octanol–water partition coefficient (Wildman–Crippen LogP) is 4.91. The van der Waals surface area contributed by atoms with Gasteiger partial charge in [-0.3, -0.25) is 0 Å². The van der Waals surface area contributed by atoms with Crippen molar-refractivity contribution in [1.29, 1.82) is 0 Å². The molecule has 106 valence electrons. The third-order valence-electron chi connectivity index (χ3n) is 5.19. The monoisotopic (exact) mass is 251 g/mol. The Kier molecular flexibility index (Phi) is 6.54. The van der Waals surface area contributed by atoms with E-state index in [1.807, 2.05) is 0 Å². The lowest BCUT2D eigenvalue weighted by atomic mass is 9.85. The first kappa shape index (κ1) is 14.4. The zero-order chi connectivity index (χ0) is 12.6. The Hall–Kier alpha value is -0.0400. The highest BCUT2D eigenvalue weighted by molar-refractivity contribution is 4.82. The van der Waals surface area contributed by atoms with Crippen molar-refractivity contribution >= 4 is 0 Å². The van der Waals surface area contributed by atoms with Crippen LogP contribution in [0.3, 0.4) is 0 Å². The minimum absolute atomic E-state index is 0.839. The summed E-state index contributed by atoms with van der Waals surface area (Å²) in [4.78, 5) is 0. The predicted molar refractivity (Wildman–Crippen MR) is 79.8 cm³/mol. The van der Waals surface area contributed by atoms with E-state index in [2.05, 4.69) is 12.2 Å². The third-order valence-corrected chi connectivity index (χ3v) is 5.19. The molecule has 1 atom stereocenters. The van der Waals surface area contributed by atoms with Gasteiger partial charge >= 0.3 is 0 Å². The van der Waals surface area contributed by atoms with Crippen LogP contribution >= 0.6 is 0 Å². The van der Waals surface area contributed by atoms with Crippen molar-refractivity contribution in [2.45, 2.75) is 90.0 Å². The largest absolute Gasteiger partial charge is 0.314 e. The topological polar surface area (TPSA) is 12.0 Å². The summed E-state index contributed by atoms with van der Waals surface area (Å²) in [5.74, 6) is 2.03. The molecule has 2 rings (SSSR count). The normalized spacial score (nSPS) is 25.2. The summed E-state index contributed by atoms with van der Waals surface area (Å²) in [6.07, 6.45) is 17.7. The molecule has 2 aliphatic carbocycles. The maximum atomic E-state index is 3.89. The van der Waals surface area contributed by atoms with Gasteiger partial charge in [0.1, 0.15) is 0 Å². The van der Waals surface area contributed by atoms with Crippen LogP contribution in [0.1, 0.15) is 84.0 Å². The van der Waals surface area contributed by atoms with Gasteiger partial charge in [-0.25, -0.2) is 0 Å². The second kappa shape index (κ2) is 8.19. The van der Waals surface area contributed by atoms with E-state index in [0.717, 1.165) is 17.9 Å². The summed E-state index contributed by atoms with van der Waals surface area (Å²) >= 11 is 0. The Morgan fingerprint density at radius 3 is 2.11 bits per heavy atom. The summed E-state index contributed by atoms with van der Waals surface area (Å²) < 4.78 is 0. The van der Waals surface area contributed by atoms with E-state index in [9.17, 15) is 0 Å². The molecule has 2 aliphatic rings. The van der Waals surface area contributed by atoms with Gasteiger partial charge in [-0.05, 0) is 44.1 Å². The lowest BCUT2D eigenvalue weighted by Gasteiger charge is -2.29. The fraction of sp³-hybridized carbons (Fsp3) is 1.00. The lowest BCUT2D eigenvalue weighted by Crippen LogP contribution is -2.38. The van der Waals surface area contributed by atoms with E-state index < -0.39 is 0 Å². The Labute approximate surface area is 114 Å². The zero-order valence-electron chi connectivity index (χ0n) is 12.4. The number of hydrogen-bond acceptors (Lipinski definition) is 1.